The average molecular weight is 421 g/mol. The predicted octanol–water partition coefficient (Wildman–Crippen LogP) is 4.96. The summed E-state index contributed by atoms with van der Waals surface area (Å²) in [6.45, 7) is 0.482. The Morgan fingerprint density at radius 2 is 2.14 bits per heavy atom. The molecule has 0 amide bonds. The number of aliphatic hydroxyl groups excluding tert-OH is 1. The number of hydrogen-bond donors (Lipinski definition) is 1. The molecule has 0 saturated heterocycles. The quantitative estimate of drug-likeness (QED) is 0.709. The normalized spacial score (nSPS) is 23.3. The van der Waals surface area contributed by atoms with Gasteiger partial charge in [0.05, 0.1) is 10.4 Å². The van der Waals surface area contributed by atoms with Crippen LogP contribution >= 0.6 is 23.4 Å². The zero-order valence-electron chi connectivity index (χ0n) is 15.1. The van der Waals surface area contributed by atoms with Crippen molar-refractivity contribution in [3.8, 4) is 0 Å². The highest BCUT2D eigenvalue weighted by Gasteiger charge is 2.39. The Hall–Kier alpha value is -1.89. The number of pyridine rings is 1. The van der Waals surface area contributed by atoms with Gasteiger partial charge in [0.1, 0.15) is 17.7 Å². The Balaban J connectivity index is 1.85. The van der Waals surface area contributed by atoms with Crippen molar-refractivity contribution in [2.24, 2.45) is 0 Å². The molecule has 0 fully saturated rings. The maximum absolute atomic E-state index is 14.6. The summed E-state index contributed by atoms with van der Waals surface area (Å²) in [5.41, 5.74) is 2.54. The highest BCUT2D eigenvalue weighted by atomic mass is 35.5. The van der Waals surface area contributed by atoms with Crippen LogP contribution in [-0.2, 0) is 0 Å². The van der Waals surface area contributed by atoms with Crippen LogP contribution < -0.4 is 0 Å². The van der Waals surface area contributed by atoms with Crippen LogP contribution in [0.25, 0.3) is 0 Å². The fraction of sp³-hybridized carbons (Fsp3) is 0.286. The third-order valence-corrected chi connectivity index (χ3v) is 6.60. The van der Waals surface area contributed by atoms with E-state index in [2.05, 4.69) is 4.98 Å². The average Bonchev–Trinajstić information content (AvgIpc) is 3.24. The minimum atomic E-state index is -0.959. The monoisotopic (exact) mass is 420 g/mol. The van der Waals surface area contributed by atoms with Crippen LogP contribution in [0.2, 0.25) is 0 Å². The van der Waals surface area contributed by atoms with Gasteiger partial charge in [0.15, 0.2) is 0 Å². The van der Waals surface area contributed by atoms with Gasteiger partial charge in [-0.3, -0.25) is 4.98 Å². The van der Waals surface area contributed by atoms with Gasteiger partial charge in [-0.15, -0.1) is 23.4 Å². The Bertz CT molecular complexity index is 951. The number of aliphatic hydroxyl groups is 1. The molecule has 3 unspecified atom stereocenters. The molecule has 0 bridgehead atoms. The van der Waals surface area contributed by atoms with Crippen LogP contribution in [0.15, 0.2) is 65.0 Å². The molecule has 28 heavy (non-hydrogen) atoms. The number of halogens is 3. The molecule has 3 heterocycles. The summed E-state index contributed by atoms with van der Waals surface area (Å²) in [5, 5.41) is 11.2. The predicted molar refractivity (Wildman–Crippen MR) is 108 cm³/mol. The van der Waals surface area contributed by atoms with Crippen molar-refractivity contribution in [2.75, 3.05) is 13.6 Å². The minimum absolute atomic E-state index is 0.0608. The molecule has 0 aliphatic carbocycles. The smallest absolute Gasteiger partial charge is 0.129 e. The van der Waals surface area contributed by atoms with Gasteiger partial charge in [-0.05, 0) is 29.7 Å². The number of aromatic nitrogens is 1. The molecular weight excluding hydrogens is 402 g/mol. The molecule has 4 rings (SSSR count). The summed E-state index contributed by atoms with van der Waals surface area (Å²) in [6.07, 6.45) is 5.06. The summed E-state index contributed by atoms with van der Waals surface area (Å²) >= 11 is 7.80. The summed E-state index contributed by atoms with van der Waals surface area (Å²) in [6, 6.07) is 7.15. The van der Waals surface area contributed by atoms with E-state index in [0.717, 1.165) is 23.1 Å². The number of alkyl halides is 1. The van der Waals surface area contributed by atoms with E-state index >= 15 is 0 Å². The zero-order chi connectivity index (χ0) is 19.8. The van der Waals surface area contributed by atoms with Crippen LogP contribution in [-0.4, -0.2) is 33.3 Å². The highest BCUT2D eigenvalue weighted by molar-refractivity contribution is 8.05. The summed E-state index contributed by atoms with van der Waals surface area (Å²) in [5.74, 6) is -1.64. The Labute approximate surface area is 171 Å². The van der Waals surface area contributed by atoms with Crippen molar-refractivity contribution in [3.63, 3.8) is 0 Å². The summed E-state index contributed by atoms with van der Waals surface area (Å²) in [4.78, 5) is 7.08. The molecule has 0 spiro atoms. The number of hydrogen-bond acceptors (Lipinski definition) is 4. The van der Waals surface area contributed by atoms with Gasteiger partial charge < -0.3 is 10.0 Å². The van der Waals surface area contributed by atoms with Gasteiger partial charge in [-0.2, -0.15) is 0 Å². The molecule has 2 aromatic rings. The second-order valence-corrected chi connectivity index (χ2v) is 8.95. The number of allylic oxidation sites excluding steroid dienone is 1. The van der Waals surface area contributed by atoms with E-state index in [0.29, 0.717) is 23.2 Å². The first-order valence-electron chi connectivity index (χ1n) is 8.95. The SMILES string of the molecule is CN1CC(c2ccc(F)cc2F)C(C(O)c2cccnc2)=C1C1=CCC(Cl)S1. The summed E-state index contributed by atoms with van der Waals surface area (Å²) < 4.78 is 28.0. The van der Waals surface area contributed by atoms with Crippen molar-refractivity contribution in [2.45, 2.75) is 23.2 Å². The van der Waals surface area contributed by atoms with E-state index in [4.69, 9.17) is 11.6 Å². The first-order valence-corrected chi connectivity index (χ1v) is 10.3. The Kier molecular flexibility index (Phi) is 5.45. The fourth-order valence-corrected chi connectivity index (χ4v) is 5.28. The maximum atomic E-state index is 14.6. The molecule has 0 radical (unpaired) electrons. The second kappa shape index (κ2) is 7.85. The molecule has 1 N–H and O–H groups in total. The van der Waals surface area contributed by atoms with Crippen molar-refractivity contribution in [1.82, 2.24) is 9.88 Å². The standard InChI is InChI=1S/C21H19ClF2N2OS/c1-26-11-15(14-5-4-13(23)9-16(14)24)19(20(26)17-6-7-18(22)28-17)21(27)12-3-2-8-25-10-12/h2-6,8-10,15,18,21,27H,7,11H2,1H3. The second-order valence-electron chi connectivity index (χ2n) is 6.92. The van der Waals surface area contributed by atoms with Gasteiger partial charge in [-0.25, -0.2) is 8.78 Å². The third kappa shape index (κ3) is 3.56. The van der Waals surface area contributed by atoms with Gasteiger partial charge in [-0.1, -0.05) is 18.2 Å². The molecule has 3 atom stereocenters. The Morgan fingerprint density at radius 3 is 2.79 bits per heavy atom. The summed E-state index contributed by atoms with van der Waals surface area (Å²) in [7, 11) is 1.91. The van der Waals surface area contributed by atoms with Crippen LogP contribution in [0, 0.1) is 11.6 Å². The van der Waals surface area contributed by atoms with Crippen molar-refractivity contribution in [3.05, 3.63) is 87.7 Å². The minimum Gasteiger partial charge on any atom is -0.384 e. The lowest BCUT2D eigenvalue weighted by atomic mass is 9.86. The molecule has 2 aliphatic rings. The Morgan fingerprint density at radius 1 is 1.32 bits per heavy atom. The number of rotatable bonds is 4. The van der Waals surface area contributed by atoms with Crippen molar-refractivity contribution < 1.29 is 13.9 Å². The lowest BCUT2D eigenvalue weighted by Crippen LogP contribution is -2.17. The van der Waals surface area contributed by atoms with E-state index in [1.54, 1.807) is 24.5 Å². The fourth-order valence-electron chi connectivity index (χ4n) is 3.85. The zero-order valence-corrected chi connectivity index (χ0v) is 16.7. The first kappa shape index (κ1) is 19.4. The van der Waals surface area contributed by atoms with Crippen LogP contribution in [0.5, 0.6) is 0 Å². The largest absolute Gasteiger partial charge is 0.384 e. The van der Waals surface area contributed by atoms with E-state index in [-0.39, 0.29) is 4.71 Å². The molecule has 7 heteroatoms. The van der Waals surface area contributed by atoms with Gasteiger partial charge >= 0.3 is 0 Å². The molecule has 146 valence electrons. The van der Waals surface area contributed by atoms with Crippen LogP contribution in [0.3, 0.4) is 0 Å². The number of thioether (sulfide) groups is 1. The van der Waals surface area contributed by atoms with Crippen molar-refractivity contribution in [1.29, 1.82) is 0 Å². The van der Waals surface area contributed by atoms with Crippen LogP contribution in [0.1, 0.15) is 29.6 Å². The highest BCUT2D eigenvalue weighted by Crippen LogP contribution is 2.50. The molecule has 1 aromatic carbocycles. The molecular formula is C21H19ClF2N2OS. The van der Waals surface area contributed by atoms with E-state index < -0.39 is 23.7 Å². The van der Waals surface area contributed by atoms with Crippen molar-refractivity contribution >= 4 is 23.4 Å². The maximum Gasteiger partial charge on any atom is 0.129 e. The van der Waals surface area contributed by atoms with Gasteiger partial charge in [0.25, 0.3) is 0 Å². The molecule has 2 aliphatic heterocycles. The molecule has 0 saturated carbocycles. The van der Waals surface area contributed by atoms with Gasteiger partial charge in [0, 0.05) is 48.4 Å². The molecule has 3 nitrogen and oxygen atoms in total. The van der Waals surface area contributed by atoms with Gasteiger partial charge in [0.2, 0.25) is 0 Å². The van der Waals surface area contributed by atoms with E-state index in [1.165, 1.54) is 23.9 Å². The van der Waals surface area contributed by atoms with Crippen LogP contribution in [0.4, 0.5) is 8.78 Å². The topological polar surface area (TPSA) is 36.4 Å². The lowest BCUT2D eigenvalue weighted by Gasteiger charge is -2.21. The first-order chi connectivity index (χ1) is 13.5. The molecule has 1 aromatic heterocycles. The van der Waals surface area contributed by atoms with E-state index in [9.17, 15) is 13.9 Å². The third-order valence-electron chi connectivity index (χ3n) is 5.10. The number of nitrogens with zero attached hydrogens (tertiary/aromatic N) is 2. The lowest BCUT2D eigenvalue weighted by molar-refractivity contribution is 0.208. The van der Waals surface area contributed by atoms with E-state index in [1.807, 2.05) is 18.0 Å². The number of benzene rings is 1. The number of likely N-dealkylation sites (N-methyl/N-ethyl adjacent to an activating group) is 1.